The number of anilines is 1. The number of hydrazine groups is 1. The molecule has 8 nitrogen and oxygen atoms in total. The van der Waals surface area contributed by atoms with E-state index >= 15 is 0 Å². The summed E-state index contributed by atoms with van der Waals surface area (Å²) in [6.07, 6.45) is 1.53. The first-order valence-electron chi connectivity index (χ1n) is 9.05. The van der Waals surface area contributed by atoms with Crippen LogP contribution in [-0.2, 0) is 4.79 Å². The molecule has 10 heteroatoms. The number of aromatic nitrogens is 1. The van der Waals surface area contributed by atoms with Crippen molar-refractivity contribution in [1.29, 1.82) is 0 Å². The average Bonchev–Trinajstić information content (AvgIpc) is 3.32. The van der Waals surface area contributed by atoms with Gasteiger partial charge in [0.25, 0.3) is 5.91 Å². The van der Waals surface area contributed by atoms with Gasteiger partial charge in [0, 0.05) is 13.1 Å². The number of urea groups is 1. The number of methoxy groups -OCH3 is 1. The Labute approximate surface area is 174 Å². The van der Waals surface area contributed by atoms with E-state index in [1.165, 1.54) is 21.4 Å². The summed E-state index contributed by atoms with van der Waals surface area (Å²) >= 11 is 1.36. The van der Waals surface area contributed by atoms with Gasteiger partial charge < -0.3 is 10.5 Å². The molecule has 0 radical (unpaired) electrons. The molecule has 2 unspecified atom stereocenters. The summed E-state index contributed by atoms with van der Waals surface area (Å²) in [5, 5.41) is 6.14. The van der Waals surface area contributed by atoms with E-state index in [2.05, 4.69) is 10.3 Å². The second kappa shape index (κ2) is 9.40. The predicted octanol–water partition coefficient (Wildman–Crippen LogP) is 3.08. The van der Waals surface area contributed by atoms with E-state index in [4.69, 9.17) is 10.5 Å². The second-order valence-electron chi connectivity index (χ2n) is 6.61. The van der Waals surface area contributed by atoms with Crippen LogP contribution in [0.25, 0.3) is 10.2 Å². The Kier molecular flexibility index (Phi) is 7.45. The molecule has 28 heavy (non-hydrogen) atoms. The average molecular weight is 428 g/mol. The highest BCUT2D eigenvalue weighted by atomic mass is 35.5. The number of nitrogens with one attached hydrogen (secondary N) is 1. The molecule has 0 aliphatic carbocycles. The van der Waals surface area contributed by atoms with E-state index in [9.17, 15) is 9.59 Å². The monoisotopic (exact) mass is 427 g/mol. The molecule has 2 atom stereocenters. The van der Waals surface area contributed by atoms with Gasteiger partial charge in [0.15, 0.2) is 5.13 Å². The number of carbonyl (C=O) groups excluding carboxylic acids is 2. The molecule has 154 valence electrons. The normalized spacial score (nSPS) is 15.9. The molecule has 3 amide bonds. The lowest BCUT2D eigenvalue weighted by molar-refractivity contribution is -0.142. The Hall–Kier alpha value is -2.10. The minimum Gasteiger partial charge on any atom is -0.494 e. The number of fused-ring (bicyclic) bond motifs is 1. The first kappa shape index (κ1) is 22.2. The van der Waals surface area contributed by atoms with Gasteiger partial charge in [-0.25, -0.2) is 19.8 Å². The minimum absolute atomic E-state index is 0. The summed E-state index contributed by atoms with van der Waals surface area (Å²) in [7, 11) is 1.58. The van der Waals surface area contributed by atoms with Gasteiger partial charge in [0.2, 0.25) is 0 Å². The number of hydrogen-bond donors (Lipinski definition) is 2. The summed E-state index contributed by atoms with van der Waals surface area (Å²) < 4.78 is 6.22. The minimum atomic E-state index is -0.616. The molecule has 0 saturated carbocycles. The first-order chi connectivity index (χ1) is 13.0. The molecule has 1 fully saturated rings. The van der Waals surface area contributed by atoms with Crippen LogP contribution in [0.5, 0.6) is 5.75 Å². The summed E-state index contributed by atoms with van der Waals surface area (Å²) in [4.78, 5) is 29.9. The zero-order valence-electron chi connectivity index (χ0n) is 16.2. The molecule has 3 N–H and O–H groups in total. The van der Waals surface area contributed by atoms with Crippen molar-refractivity contribution in [3.63, 3.8) is 0 Å². The zero-order valence-corrected chi connectivity index (χ0v) is 17.8. The lowest BCUT2D eigenvalue weighted by Gasteiger charge is -2.31. The molecule has 2 heterocycles. The van der Waals surface area contributed by atoms with Crippen LogP contribution in [0.1, 0.15) is 26.7 Å². The van der Waals surface area contributed by atoms with Crippen molar-refractivity contribution < 1.29 is 14.3 Å². The number of rotatable bonds is 5. The van der Waals surface area contributed by atoms with Gasteiger partial charge in [-0.1, -0.05) is 37.7 Å². The highest BCUT2D eigenvalue weighted by Gasteiger charge is 2.35. The van der Waals surface area contributed by atoms with E-state index in [1.54, 1.807) is 7.11 Å². The van der Waals surface area contributed by atoms with Crippen LogP contribution in [-0.4, -0.2) is 53.2 Å². The van der Waals surface area contributed by atoms with Gasteiger partial charge in [-0.2, -0.15) is 0 Å². The maximum Gasteiger partial charge on any atom is 0.342 e. The van der Waals surface area contributed by atoms with Crippen LogP contribution in [0.2, 0.25) is 0 Å². The van der Waals surface area contributed by atoms with E-state index in [0.29, 0.717) is 29.5 Å². The predicted molar refractivity (Wildman–Crippen MR) is 113 cm³/mol. The van der Waals surface area contributed by atoms with E-state index in [-0.39, 0.29) is 30.3 Å². The van der Waals surface area contributed by atoms with Crippen molar-refractivity contribution in [2.24, 2.45) is 11.7 Å². The molecule has 1 aliphatic heterocycles. The largest absolute Gasteiger partial charge is 0.494 e. The van der Waals surface area contributed by atoms with Crippen molar-refractivity contribution in [2.75, 3.05) is 25.5 Å². The molecule has 1 aromatic heterocycles. The Bertz CT molecular complexity index is 846. The fourth-order valence-electron chi connectivity index (χ4n) is 3.02. The highest BCUT2D eigenvalue weighted by Crippen LogP contribution is 2.32. The zero-order chi connectivity index (χ0) is 19.6. The number of hydrogen-bond acceptors (Lipinski definition) is 6. The van der Waals surface area contributed by atoms with Crippen LogP contribution < -0.4 is 15.8 Å². The summed E-state index contributed by atoms with van der Waals surface area (Å²) in [5.74, 6) is 0.490. The third kappa shape index (κ3) is 4.31. The van der Waals surface area contributed by atoms with Crippen LogP contribution in [0.15, 0.2) is 18.2 Å². The third-order valence-corrected chi connectivity index (χ3v) is 5.81. The molecule has 0 bridgehead atoms. The van der Waals surface area contributed by atoms with E-state index in [1.807, 2.05) is 32.0 Å². The fourth-order valence-corrected chi connectivity index (χ4v) is 3.89. The van der Waals surface area contributed by atoms with Crippen LogP contribution in [0, 0.1) is 5.92 Å². The summed E-state index contributed by atoms with van der Waals surface area (Å²) in [6, 6.07) is 4.62. The van der Waals surface area contributed by atoms with Gasteiger partial charge in [-0.3, -0.25) is 10.1 Å². The maximum absolute atomic E-state index is 12.7. The Morgan fingerprint density at radius 1 is 1.36 bits per heavy atom. The first-order valence-corrected chi connectivity index (χ1v) is 9.86. The van der Waals surface area contributed by atoms with Gasteiger partial charge in [0.1, 0.15) is 11.3 Å². The Morgan fingerprint density at radius 2 is 2.07 bits per heavy atom. The number of nitrogens with zero attached hydrogens (tertiary/aromatic N) is 3. The summed E-state index contributed by atoms with van der Waals surface area (Å²) in [5.41, 5.74) is 6.78. The number of benzene rings is 1. The Balaban J connectivity index is 0.00000280. The molecule has 1 aromatic carbocycles. The molecular weight excluding hydrogens is 402 g/mol. The van der Waals surface area contributed by atoms with Gasteiger partial charge in [0.05, 0.1) is 17.9 Å². The molecule has 0 spiro atoms. The topological polar surface area (TPSA) is 101 Å². The van der Waals surface area contributed by atoms with Crippen molar-refractivity contribution in [2.45, 2.75) is 32.7 Å². The van der Waals surface area contributed by atoms with Gasteiger partial charge in [-0.05, 0) is 24.5 Å². The smallest absolute Gasteiger partial charge is 0.342 e. The lowest BCUT2D eigenvalue weighted by Crippen LogP contribution is -2.53. The number of para-hydroxylation sites is 1. The van der Waals surface area contributed by atoms with Gasteiger partial charge in [-0.15, -0.1) is 12.4 Å². The Morgan fingerprint density at radius 3 is 2.75 bits per heavy atom. The lowest BCUT2D eigenvalue weighted by atomic mass is 9.99. The number of amides is 3. The molecule has 1 aliphatic rings. The second-order valence-corrected chi connectivity index (χ2v) is 7.64. The standard InChI is InChI=1S/C18H25N5O3S.ClH/c1-4-11(2)14(19)16(24)22-9-6-10-23(22)18(25)21-17-20-15-12(26-3)7-5-8-13(15)27-17;/h5,7-8,11,14H,4,6,9-10,19H2,1-3H3,(H,20,21,25);1H. The maximum atomic E-state index is 12.7. The van der Waals surface area contributed by atoms with Gasteiger partial charge >= 0.3 is 6.03 Å². The van der Waals surface area contributed by atoms with Crippen LogP contribution in [0.3, 0.4) is 0 Å². The van der Waals surface area contributed by atoms with Crippen LogP contribution in [0.4, 0.5) is 9.93 Å². The van der Waals surface area contributed by atoms with Crippen LogP contribution >= 0.6 is 23.7 Å². The van der Waals surface area contributed by atoms with Crippen molar-refractivity contribution in [3.8, 4) is 5.75 Å². The van der Waals surface area contributed by atoms with Crippen molar-refractivity contribution in [3.05, 3.63) is 18.2 Å². The van der Waals surface area contributed by atoms with Crippen molar-refractivity contribution >= 4 is 51.0 Å². The SMILES string of the molecule is CCC(C)C(N)C(=O)N1CCCN1C(=O)Nc1nc2c(OC)cccc2s1.Cl. The van der Waals surface area contributed by atoms with Crippen molar-refractivity contribution in [1.82, 2.24) is 15.0 Å². The number of thiazole rings is 1. The molecule has 1 saturated heterocycles. The molecule has 2 aromatic rings. The van der Waals surface area contributed by atoms with E-state index in [0.717, 1.165) is 17.5 Å². The quantitative estimate of drug-likeness (QED) is 0.763. The van der Waals surface area contributed by atoms with E-state index < -0.39 is 6.04 Å². The number of ether oxygens (including phenoxy) is 1. The highest BCUT2D eigenvalue weighted by molar-refractivity contribution is 7.22. The number of nitrogens with two attached hydrogens (primary N) is 1. The number of carbonyl (C=O) groups is 2. The number of halogens is 1. The molecular formula is C18H26ClN5O3S. The fraction of sp³-hybridized carbons (Fsp3) is 0.500. The third-order valence-electron chi connectivity index (χ3n) is 4.88. The summed E-state index contributed by atoms with van der Waals surface area (Å²) in [6.45, 7) is 4.90. The molecule has 3 rings (SSSR count).